The van der Waals surface area contributed by atoms with Gasteiger partial charge >= 0.3 is 5.97 Å². The van der Waals surface area contributed by atoms with E-state index in [1.807, 2.05) is 48.7 Å². The highest BCUT2D eigenvalue weighted by Gasteiger charge is 2.33. The van der Waals surface area contributed by atoms with Gasteiger partial charge in [0.25, 0.3) is 5.91 Å². The maximum Gasteiger partial charge on any atom is 0.308 e. The minimum Gasteiger partial charge on any atom is -0.481 e. The maximum atomic E-state index is 12.9. The van der Waals surface area contributed by atoms with E-state index in [4.69, 9.17) is 0 Å². The molecule has 1 aliphatic heterocycles. The van der Waals surface area contributed by atoms with Crippen LogP contribution in [0.25, 0.3) is 11.1 Å². The Labute approximate surface area is 139 Å². The number of carboxylic acids is 1. The predicted octanol–water partition coefficient (Wildman–Crippen LogP) is 3.60. The number of nitrogens with zero attached hydrogens (tertiary/aromatic N) is 1. The highest BCUT2D eigenvalue weighted by molar-refractivity contribution is 7.12. The molecule has 120 valence electrons. The van der Waals surface area contributed by atoms with Crippen LogP contribution in [0.1, 0.15) is 23.0 Å². The summed E-state index contributed by atoms with van der Waals surface area (Å²) in [5.41, 5.74) is 1.93. The molecule has 0 aliphatic carbocycles. The predicted molar refractivity (Wildman–Crippen MR) is 90.6 cm³/mol. The van der Waals surface area contributed by atoms with Crippen molar-refractivity contribution in [2.45, 2.75) is 13.3 Å². The van der Waals surface area contributed by atoms with Gasteiger partial charge in [-0.3, -0.25) is 9.59 Å². The molecule has 2 unspecified atom stereocenters. The lowest BCUT2D eigenvalue weighted by Gasteiger charge is -2.34. The van der Waals surface area contributed by atoms with Crippen molar-refractivity contribution in [1.82, 2.24) is 4.90 Å². The van der Waals surface area contributed by atoms with E-state index in [2.05, 4.69) is 0 Å². The van der Waals surface area contributed by atoms with Crippen LogP contribution in [0.15, 0.2) is 41.8 Å². The van der Waals surface area contributed by atoms with Crippen molar-refractivity contribution in [3.63, 3.8) is 0 Å². The van der Waals surface area contributed by atoms with Gasteiger partial charge in [0.05, 0.1) is 10.8 Å². The fraction of sp³-hybridized carbons (Fsp3) is 0.333. The number of rotatable bonds is 3. The van der Waals surface area contributed by atoms with E-state index in [9.17, 15) is 14.7 Å². The van der Waals surface area contributed by atoms with Crippen LogP contribution in [-0.2, 0) is 4.79 Å². The first-order chi connectivity index (χ1) is 11.1. The van der Waals surface area contributed by atoms with Gasteiger partial charge in [-0.15, -0.1) is 11.3 Å². The summed E-state index contributed by atoms with van der Waals surface area (Å²) in [5.74, 6) is -1.14. The summed E-state index contributed by atoms with van der Waals surface area (Å²) >= 11 is 1.42. The summed E-state index contributed by atoms with van der Waals surface area (Å²) in [5, 5.41) is 11.2. The van der Waals surface area contributed by atoms with E-state index in [0.717, 1.165) is 11.1 Å². The van der Waals surface area contributed by atoms with Gasteiger partial charge in [-0.05, 0) is 29.3 Å². The van der Waals surface area contributed by atoms with E-state index < -0.39 is 11.9 Å². The number of carbonyl (C=O) groups is 2. The van der Waals surface area contributed by atoms with Crippen molar-refractivity contribution >= 4 is 23.2 Å². The van der Waals surface area contributed by atoms with Crippen LogP contribution < -0.4 is 0 Å². The molecule has 1 aromatic heterocycles. The van der Waals surface area contributed by atoms with Crippen molar-refractivity contribution in [3.8, 4) is 11.1 Å². The third-order valence-corrected chi connectivity index (χ3v) is 5.14. The molecule has 0 saturated carbocycles. The van der Waals surface area contributed by atoms with Crippen LogP contribution in [0.2, 0.25) is 0 Å². The second-order valence-corrected chi connectivity index (χ2v) is 7.03. The Morgan fingerprint density at radius 3 is 2.61 bits per heavy atom. The van der Waals surface area contributed by atoms with Crippen molar-refractivity contribution in [1.29, 1.82) is 0 Å². The summed E-state index contributed by atoms with van der Waals surface area (Å²) in [6, 6.07) is 11.8. The van der Waals surface area contributed by atoms with Crippen LogP contribution in [0.3, 0.4) is 0 Å². The fourth-order valence-electron chi connectivity index (χ4n) is 3.16. The molecule has 1 aliphatic rings. The minimum absolute atomic E-state index is 0.0587. The molecule has 4 nitrogen and oxygen atoms in total. The van der Waals surface area contributed by atoms with E-state index in [-0.39, 0.29) is 11.8 Å². The van der Waals surface area contributed by atoms with Crippen molar-refractivity contribution < 1.29 is 14.7 Å². The lowest BCUT2D eigenvalue weighted by molar-refractivity contribution is -0.143. The van der Waals surface area contributed by atoms with Gasteiger partial charge < -0.3 is 10.0 Å². The number of thiophene rings is 1. The molecule has 0 spiro atoms. The van der Waals surface area contributed by atoms with Crippen LogP contribution in [-0.4, -0.2) is 35.0 Å². The number of hydrogen-bond acceptors (Lipinski definition) is 3. The van der Waals surface area contributed by atoms with Gasteiger partial charge in [0.2, 0.25) is 0 Å². The molecule has 5 heteroatoms. The van der Waals surface area contributed by atoms with Crippen molar-refractivity contribution in [2.24, 2.45) is 11.8 Å². The SMILES string of the molecule is CC1CC(C(=O)O)CN(C(=O)c2sccc2-c2ccccc2)C1. The standard InChI is InChI=1S/C18H19NO3S/c1-12-9-14(18(21)22)11-19(10-12)17(20)16-15(7-8-23-16)13-5-3-2-4-6-13/h2-8,12,14H,9-11H2,1H3,(H,21,22). The van der Waals surface area contributed by atoms with Crippen LogP contribution in [0, 0.1) is 11.8 Å². The lowest BCUT2D eigenvalue weighted by atomic mass is 9.90. The summed E-state index contributed by atoms with van der Waals surface area (Å²) < 4.78 is 0. The first-order valence-electron chi connectivity index (χ1n) is 7.71. The first-order valence-corrected chi connectivity index (χ1v) is 8.59. The van der Waals surface area contributed by atoms with Crippen LogP contribution >= 0.6 is 11.3 Å². The minimum atomic E-state index is -0.816. The number of aliphatic carboxylic acids is 1. The second-order valence-electron chi connectivity index (χ2n) is 6.12. The van der Waals surface area contributed by atoms with Crippen molar-refractivity contribution in [3.05, 3.63) is 46.7 Å². The molecule has 0 radical (unpaired) electrons. The molecule has 1 amide bonds. The highest BCUT2D eigenvalue weighted by Crippen LogP contribution is 2.31. The van der Waals surface area contributed by atoms with E-state index in [1.165, 1.54) is 11.3 Å². The maximum absolute atomic E-state index is 12.9. The molecular weight excluding hydrogens is 310 g/mol. The molecule has 2 atom stereocenters. The molecule has 1 fully saturated rings. The van der Waals surface area contributed by atoms with Gasteiger partial charge in [-0.2, -0.15) is 0 Å². The van der Waals surface area contributed by atoms with Gasteiger partial charge in [-0.1, -0.05) is 37.3 Å². The van der Waals surface area contributed by atoms with E-state index in [1.54, 1.807) is 4.90 Å². The smallest absolute Gasteiger partial charge is 0.308 e. The van der Waals surface area contributed by atoms with Gasteiger partial charge in [0.1, 0.15) is 0 Å². The Balaban J connectivity index is 1.87. The zero-order chi connectivity index (χ0) is 16.4. The average molecular weight is 329 g/mol. The lowest BCUT2D eigenvalue weighted by Crippen LogP contribution is -2.45. The summed E-state index contributed by atoms with van der Waals surface area (Å²) in [6.07, 6.45) is 0.634. The average Bonchev–Trinajstić information content (AvgIpc) is 3.04. The largest absolute Gasteiger partial charge is 0.481 e. The molecule has 1 N–H and O–H groups in total. The van der Waals surface area contributed by atoms with Crippen molar-refractivity contribution in [2.75, 3.05) is 13.1 Å². The normalized spacial score (nSPS) is 21.2. The number of piperidine rings is 1. The van der Waals surface area contributed by atoms with Gasteiger partial charge in [0, 0.05) is 18.7 Å². The van der Waals surface area contributed by atoms with E-state index in [0.29, 0.717) is 24.4 Å². The molecule has 1 saturated heterocycles. The quantitative estimate of drug-likeness (QED) is 0.936. The zero-order valence-corrected chi connectivity index (χ0v) is 13.8. The molecule has 3 rings (SSSR count). The Morgan fingerprint density at radius 2 is 1.91 bits per heavy atom. The van der Waals surface area contributed by atoms with Crippen LogP contribution in [0.5, 0.6) is 0 Å². The van der Waals surface area contributed by atoms with E-state index >= 15 is 0 Å². The number of hydrogen-bond donors (Lipinski definition) is 1. The second kappa shape index (κ2) is 6.54. The number of amides is 1. The van der Waals surface area contributed by atoms with Gasteiger partial charge in [-0.25, -0.2) is 0 Å². The fourth-order valence-corrected chi connectivity index (χ4v) is 4.04. The molecule has 1 aromatic carbocycles. The van der Waals surface area contributed by atoms with Gasteiger partial charge in [0.15, 0.2) is 0 Å². The zero-order valence-electron chi connectivity index (χ0n) is 12.9. The number of benzene rings is 1. The summed E-state index contributed by atoms with van der Waals surface area (Å²) in [4.78, 5) is 26.6. The molecule has 2 heterocycles. The monoisotopic (exact) mass is 329 g/mol. The van der Waals surface area contributed by atoms with Crippen LogP contribution in [0.4, 0.5) is 0 Å². The first kappa shape index (κ1) is 15.7. The molecular formula is C18H19NO3S. The topological polar surface area (TPSA) is 57.6 Å². The Hall–Kier alpha value is -2.14. The number of likely N-dealkylation sites (tertiary alicyclic amines) is 1. The molecule has 2 aromatic rings. The molecule has 23 heavy (non-hydrogen) atoms. The number of carbonyl (C=O) groups excluding carboxylic acids is 1. The Kier molecular flexibility index (Phi) is 4.48. The third kappa shape index (κ3) is 3.29. The molecule has 0 bridgehead atoms. The Morgan fingerprint density at radius 1 is 1.17 bits per heavy atom. The highest BCUT2D eigenvalue weighted by atomic mass is 32.1. The summed E-state index contributed by atoms with van der Waals surface area (Å²) in [6.45, 7) is 2.92. The number of carboxylic acid groups (broad SMARTS) is 1. The Bertz CT molecular complexity index is 710. The summed E-state index contributed by atoms with van der Waals surface area (Å²) in [7, 11) is 0. The third-order valence-electron chi connectivity index (χ3n) is 4.24.